The fraction of sp³-hybridized carbons (Fsp3) is 0.333. The van der Waals surface area contributed by atoms with Crippen molar-refractivity contribution in [2.24, 2.45) is 5.10 Å². The highest BCUT2D eigenvalue weighted by molar-refractivity contribution is 6.01. The number of piperazine rings is 1. The number of hydrogen-bond acceptors (Lipinski definition) is 4. The molecule has 1 fully saturated rings. The van der Waals surface area contributed by atoms with Crippen LogP contribution in [0.15, 0.2) is 53.6 Å². The molecule has 0 bridgehead atoms. The summed E-state index contributed by atoms with van der Waals surface area (Å²) in [5.41, 5.74) is 4.87. The number of hydrogen-bond donors (Lipinski definition) is 1. The molecule has 0 aliphatic carbocycles. The monoisotopic (exact) mass is 368 g/mol. The van der Waals surface area contributed by atoms with E-state index >= 15 is 0 Å². The van der Waals surface area contributed by atoms with Crippen molar-refractivity contribution in [1.82, 2.24) is 10.3 Å². The van der Waals surface area contributed by atoms with Crippen molar-refractivity contribution < 1.29 is 9.18 Å². The Morgan fingerprint density at radius 1 is 1.07 bits per heavy atom. The van der Waals surface area contributed by atoms with Crippen LogP contribution >= 0.6 is 0 Å². The predicted octanol–water partition coefficient (Wildman–Crippen LogP) is 3.12. The van der Waals surface area contributed by atoms with Gasteiger partial charge in [0.2, 0.25) is 0 Å². The van der Waals surface area contributed by atoms with Gasteiger partial charge >= 0.3 is 0 Å². The molecule has 1 heterocycles. The van der Waals surface area contributed by atoms with E-state index < -0.39 is 0 Å². The first-order valence-electron chi connectivity index (χ1n) is 9.25. The highest BCUT2D eigenvalue weighted by Crippen LogP contribution is 2.22. The zero-order chi connectivity index (χ0) is 19.2. The van der Waals surface area contributed by atoms with Crippen LogP contribution in [-0.4, -0.2) is 49.2 Å². The van der Waals surface area contributed by atoms with Gasteiger partial charge in [-0.3, -0.25) is 4.79 Å². The quantitative estimate of drug-likeness (QED) is 0.652. The summed E-state index contributed by atoms with van der Waals surface area (Å²) in [4.78, 5) is 16.5. The summed E-state index contributed by atoms with van der Waals surface area (Å²) < 4.78 is 14.6. The summed E-state index contributed by atoms with van der Waals surface area (Å²) in [6.07, 6.45) is 0. The van der Waals surface area contributed by atoms with Crippen molar-refractivity contribution in [2.75, 3.05) is 37.6 Å². The number of nitrogens with zero attached hydrogens (tertiary/aromatic N) is 3. The summed E-state index contributed by atoms with van der Waals surface area (Å²) in [5, 5.41) is 4.11. The molecule has 0 radical (unpaired) electrons. The molecule has 1 saturated heterocycles. The van der Waals surface area contributed by atoms with Gasteiger partial charge in [-0.2, -0.15) is 5.10 Å². The van der Waals surface area contributed by atoms with Crippen molar-refractivity contribution in [3.05, 3.63) is 65.5 Å². The van der Waals surface area contributed by atoms with Crippen LogP contribution in [-0.2, 0) is 0 Å². The maximum absolute atomic E-state index is 14.6. The lowest BCUT2D eigenvalue weighted by Crippen LogP contribution is -2.46. The Morgan fingerprint density at radius 2 is 1.78 bits per heavy atom. The fourth-order valence-corrected chi connectivity index (χ4v) is 3.15. The second kappa shape index (κ2) is 8.77. The van der Waals surface area contributed by atoms with E-state index in [1.807, 2.05) is 12.1 Å². The maximum Gasteiger partial charge on any atom is 0.271 e. The third kappa shape index (κ3) is 4.71. The molecule has 1 aliphatic rings. The molecule has 3 rings (SSSR count). The highest BCUT2D eigenvalue weighted by Gasteiger charge is 2.19. The topological polar surface area (TPSA) is 47.9 Å². The Hall–Kier alpha value is -2.73. The van der Waals surface area contributed by atoms with Gasteiger partial charge in [0.15, 0.2) is 0 Å². The Morgan fingerprint density at radius 3 is 2.41 bits per heavy atom. The van der Waals surface area contributed by atoms with Crippen LogP contribution in [0.4, 0.5) is 10.1 Å². The number of halogens is 1. The van der Waals surface area contributed by atoms with Gasteiger partial charge in [-0.05, 0) is 37.7 Å². The summed E-state index contributed by atoms with van der Waals surface area (Å²) >= 11 is 0. The van der Waals surface area contributed by atoms with Crippen molar-refractivity contribution >= 4 is 17.3 Å². The standard InChI is InChI=1S/C21H25FN4O/c1-3-25-11-13-26(14-12-25)20-10-9-18(15-19(20)22)16(2)23-24-21(27)17-7-5-4-6-8-17/h4-10,15H,3,11-14H2,1-2H3,(H,24,27)/b23-16-. The van der Waals surface area contributed by atoms with E-state index in [0.29, 0.717) is 22.5 Å². The number of carbonyl (C=O) groups excluding carboxylic acids is 1. The van der Waals surface area contributed by atoms with Gasteiger partial charge < -0.3 is 9.80 Å². The minimum absolute atomic E-state index is 0.263. The van der Waals surface area contributed by atoms with Gasteiger partial charge in [-0.15, -0.1) is 0 Å². The first-order valence-corrected chi connectivity index (χ1v) is 9.25. The second-order valence-electron chi connectivity index (χ2n) is 6.59. The average molecular weight is 368 g/mol. The SMILES string of the molecule is CCN1CCN(c2ccc(/C(C)=N\NC(=O)c3ccccc3)cc2F)CC1. The molecule has 2 aromatic rings. The number of anilines is 1. The molecular formula is C21H25FN4O. The maximum atomic E-state index is 14.6. The Balaban J connectivity index is 1.66. The van der Waals surface area contributed by atoms with E-state index in [0.717, 1.165) is 32.7 Å². The number of benzene rings is 2. The number of carbonyl (C=O) groups is 1. The minimum atomic E-state index is -0.291. The van der Waals surface area contributed by atoms with Crippen molar-refractivity contribution in [3.8, 4) is 0 Å². The van der Waals surface area contributed by atoms with Crippen LogP contribution in [0.2, 0.25) is 0 Å². The van der Waals surface area contributed by atoms with Crippen LogP contribution in [0, 0.1) is 5.82 Å². The Bertz CT molecular complexity index is 814. The highest BCUT2D eigenvalue weighted by atomic mass is 19.1. The third-order valence-corrected chi connectivity index (χ3v) is 4.89. The number of rotatable bonds is 5. The molecule has 0 unspecified atom stereocenters. The molecule has 0 aromatic heterocycles. The summed E-state index contributed by atoms with van der Waals surface area (Å²) in [6, 6.07) is 14.0. The van der Waals surface area contributed by atoms with Crippen molar-refractivity contribution in [1.29, 1.82) is 0 Å². The lowest BCUT2D eigenvalue weighted by Gasteiger charge is -2.35. The number of amides is 1. The molecule has 0 atom stereocenters. The van der Waals surface area contributed by atoms with Crippen molar-refractivity contribution in [3.63, 3.8) is 0 Å². The molecule has 142 valence electrons. The van der Waals surface area contributed by atoms with E-state index in [4.69, 9.17) is 0 Å². The van der Waals surface area contributed by atoms with E-state index in [1.54, 1.807) is 37.3 Å². The molecule has 1 N–H and O–H groups in total. The average Bonchev–Trinajstić information content (AvgIpc) is 2.72. The Kier molecular flexibility index (Phi) is 6.19. The lowest BCUT2D eigenvalue weighted by molar-refractivity contribution is 0.0955. The molecule has 0 saturated carbocycles. The first-order chi connectivity index (χ1) is 13.1. The van der Waals surface area contributed by atoms with Crippen LogP contribution in [0.1, 0.15) is 29.8 Å². The smallest absolute Gasteiger partial charge is 0.271 e. The number of nitrogens with one attached hydrogen (secondary N) is 1. The molecule has 2 aromatic carbocycles. The summed E-state index contributed by atoms with van der Waals surface area (Å²) in [6.45, 7) is 8.46. The Labute approximate surface area is 159 Å². The molecule has 1 aliphatic heterocycles. The van der Waals surface area contributed by atoms with E-state index in [2.05, 4.69) is 27.3 Å². The molecular weight excluding hydrogens is 343 g/mol. The lowest BCUT2D eigenvalue weighted by atomic mass is 10.1. The summed E-state index contributed by atoms with van der Waals surface area (Å²) in [5.74, 6) is -0.553. The van der Waals surface area contributed by atoms with Crippen molar-refractivity contribution in [2.45, 2.75) is 13.8 Å². The second-order valence-corrected chi connectivity index (χ2v) is 6.59. The van der Waals surface area contributed by atoms with Crippen LogP contribution in [0.25, 0.3) is 0 Å². The largest absolute Gasteiger partial charge is 0.367 e. The van der Waals surface area contributed by atoms with Gasteiger partial charge in [0.1, 0.15) is 5.82 Å². The zero-order valence-electron chi connectivity index (χ0n) is 15.8. The normalized spacial score (nSPS) is 15.7. The van der Waals surface area contributed by atoms with Gasteiger partial charge in [0.05, 0.1) is 11.4 Å². The van der Waals surface area contributed by atoms with Gasteiger partial charge in [-0.1, -0.05) is 31.2 Å². The van der Waals surface area contributed by atoms with Crippen LogP contribution < -0.4 is 10.3 Å². The van der Waals surface area contributed by atoms with Gasteiger partial charge in [-0.25, -0.2) is 9.82 Å². The third-order valence-electron chi connectivity index (χ3n) is 4.89. The molecule has 1 amide bonds. The van der Waals surface area contributed by atoms with Crippen LogP contribution in [0.5, 0.6) is 0 Å². The van der Waals surface area contributed by atoms with Gasteiger partial charge in [0.25, 0.3) is 5.91 Å². The fourth-order valence-electron chi connectivity index (χ4n) is 3.15. The number of likely N-dealkylation sites (N-methyl/N-ethyl adjacent to an activating group) is 1. The molecule has 6 heteroatoms. The first kappa shape index (κ1) is 19.0. The zero-order valence-corrected chi connectivity index (χ0v) is 15.8. The molecule has 0 spiro atoms. The van der Waals surface area contributed by atoms with E-state index in [9.17, 15) is 9.18 Å². The van der Waals surface area contributed by atoms with Gasteiger partial charge in [0, 0.05) is 37.3 Å². The predicted molar refractivity (Wildman–Crippen MR) is 107 cm³/mol. The molecule has 27 heavy (non-hydrogen) atoms. The summed E-state index contributed by atoms with van der Waals surface area (Å²) in [7, 11) is 0. The molecule has 5 nitrogen and oxygen atoms in total. The van der Waals surface area contributed by atoms with E-state index in [1.165, 1.54) is 6.07 Å². The van der Waals surface area contributed by atoms with E-state index in [-0.39, 0.29) is 11.7 Å². The van der Waals surface area contributed by atoms with Crippen LogP contribution in [0.3, 0.4) is 0 Å². The number of hydrazone groups is 1. The minimum Gasteiger partial charge on any atom is -0.367 e.